The molecular weight excluding hydrogens is 218 g/mol. The number of carbonyl (C=O) groups excluding carboxylic acids is 1. The Hall–Kier alpha value is -2.49. The van der Waals surface area contributed by atoms with Gasteiger partial charge in [-0.05, 0) is 36.4 Å². The summed E-state index contributed by atoms with van der Waals surface area (Å²) in [6, 6.07) is 12.4. The maximum Gasteiger partial charge on any atom is 0.255 e. The van der Waals surface area contributed by atoms with Crippen LogP contribution in [0.4, 0.5) is 5.69 Å². The van der Waals surface area contributed by atoms with Gasteiger partial charge in [0.15, 0.2) is 0 Å². The van der Waals surface area contributed by atoms with Gasteiger partial charge in [0.05, 0.1) is 5.69 Å². The van der Waals surface area contributed by atoms with Crippen LogP contribution in [-0.4, -0.2) is 16.1 Å². The number of anilines is 1. The summed E-state index contributed by atoms with van der Waals surface area (Å²) in [5.41, 5.74) is 0.761. The monoisotopic (exact) mass is 229 g/mol. The number of para-hydroxylation sites is 2. The molecule has 0 radical (unpaired) electrons. The third kappa shape index (κ3) is 2.55. The van der Waals surface area contributed by atoms with E-state index in [1.54, 1.807) is 18.2 Å². The third-order valence-electron chi connectivity index (χ3n) is 2.28. The molecule has 0 atom stereocenters. The average molecular weight is 229 g/mol. The van der Waals surface area contributed by atoms with E-state index in [1.807, 2.05) is 0 Å². The van der Waals surface area contributed by atoms with Gasteiger partial charge >= 0.3 is 0 Å². The summed E-state index contributed by atoms with van der Waals surface area (Å²) in [5, 5.41) is 21.2. The van der Waals surface area contributed by atoms with Crippen LogP contribution in [0.2, 0.25) is 0 Å². The summed E-state index contributed by atoms with van der Waals surface area (Å²) in [4.78, 5) is 11.8. The number of hydrogen-bond donors (Lipinski definition) is 3. The Morgan fingerprint density at radius 1 is 0.941 bits per heavy atom. The van der Waals surface area contributed by atoms with Crippen LogP contribution >= 0.6 is 0 Å². The van der Waals surface area contributed by atoms with E-state index in [-0.39, 0.29) is 17.4 Å². The van der Waals surface area contributed by atoms with Crippen LogP contribution in [0.15, 0.2) is 48.5 Å². The maximum atomic E-state index is 11.8. The predicted molar refractivity (Wildman–Crippen MR) is 64.2 cm³/mol. The highest BCUT2D eigenvalue weighted by atomic mass is 16.3. The normalized spacial score (nSPS) is 9.88. The number of aromatic hydroxyl groups is 2. The Bertz CT molecular complexity index is 535. The summed E-state index contributed by atoms with van der Waals surface area (Å²) in [6.07, 6.45) is 0. The molecule has 0 aliphatic heterocycles. The molecule has 0 saturated carbocycles. The van der Waals surface area contributed by atoms with E-state index in [9.17, 15) is 9.90 Å². The topological polar surface area (TPSA) is 69.6 Å². The molecule has 2 aromatic rings. The molecule has 0 heterocycles. The van der Waals surface area contributed by atoms with Crippen LogP contribution in [0.1, 0.15) is 10.4 Å². The van der Waals surface area contributed by atoms with Crippen molar-refractivity contribution in [1.82, 2.24) is 0 Å². The van der Waals surface area contributed by atoms with Crippen molar-refractivity contribution in [1.29, 1.82) is 0 Å². The lowest BCUT2D eigenvalue weighted by Gasteiger charge is -2.06. The van der Waals surface area contributed by atoms with Crippen LogP contribution in [0, 0.1) is 0 Å². The first kappa shape index (κ1) is 11.0. The Labute approximate surface area is 98.2 Å². The molecule has 17 heavy (non-hydrogen) atoms. The lowest BCUT2D eigenvalue weighted by atomic mass is 10.2. The van der Waals surface area contributed by atoms with Crippen molar-refractivity contribution in [3.8, 4) is 11.5 Å². The Kier molecular flexibility index (Phi) is 2.96. The standard InChI is InChI=1S/C13H11NO3/c15-10-7-5-9(6-8-10)13(17)14-11-3-1-2-4-12(11)16/h1-8,15-16H,(H,14,17). The number of rotatable bonds is 2. The smallest absolute Gasteiger partial charge is 0.255 e. The van der Waals surface area contributed by atoms with Gasteiger partial charge in [0.25, 0.3) is 5.91 Å². The first-order chi connectivity index (χ1) is 8.16. The van der Waals surface area contributed by atoms with E-state index in [0.29, 0.717) is 11.3 Å². The molecule has 3 N–H and O–H groups in total. The molecular formula is C13H11NO3. The fraction of sp³-hybridized carbons (Fsp3) is 0. The van der Waals surface area contributed by atoms with E-state index in [1.165, 1.54) is 30.3 Å². The fourth-order valence-corrected chi connectivity index (χ4v) is 1.39. The lowest BCUT2D eigenvalue weighted by Crippen LogP contribution is -2.11. The van der Waals surface area contributed by atoms with E-state index >= 15 is 0 Å². The number of hydrogen-bond acceptors (Lipinski definition) is 3. The second-order valence-electron chi connectivity index (χ2n) is 3.52. The summed E-state index contributed by atoms with van der Waals surface area (Å²) < 4.78 is 0. The summed E-state index contributed by atoms with van der Waals surface area (Å²) >= 11 is 0. The molecule has 2 rings (SSSR count). The van der Waals surface area contributed by atoms with Gasteiger partial charge in [-0.25, -0.2) is 0 Å². The number of nitrogens with one attached hydrogen (secondary N) is 1. The first-order valence-corrected chi connectivity index (χ1v) is 5.05. The van der Waals surface area contributed by atoms with Gasteiger partial charge in [0, 0.05) is 5.56 Å². The molecule has 0 aliphatic rings. The van der Waals surface area contributed by atoms with E-state index in [0.717, 1.165) is 0 Å². The zero-order valence-electron chi connectivity index (χ0n) is 8.92. The molecule has 0 unspecified atom stereocenters. The number of carbonyl (C=O) groups is 1. The zero-order valence-corrected chi connectivity index (χ0v) is 8.92. The molecule has 0 fully saturated rings. The highest BCUT2D eigenvalue weighted by Crippen LogP contribution is 2.22. The van der Waals surface area contributed by atoms with E-state index in [2.05, 4.69) is 5.32 Å². The van der Waals surface area contributed by atoms with Gasteiger partial charge in [-0.3, -0.25) is 4.79 Å². The van der Waals surface area contributed by atoms with Gasteiger partial charge in [-0.2, -0.15) is 0 Å². The predicted octanol–water partition coefficient (Wildman–Crippen LogP) is 2.35. The minimum atomic E-state index is -0.341. The Morgan fingerprint density at radius 3 is 2.24 bits per heavy atom. The molecule has 86 valence electrons. The summed E-state index contributed by atoms with van der Waals surface area (Å²) in [5.74, 6) is -0.227. The Morgan fingerprint density at radius 2 is 1.59 bits per heavy atom. The van der Waals surface area contributed by atoms with Gasteiger partial charge in [-0.1, -0.05) is 12.1 Å². The number of phenolic OH excluding ortho intramolecular Hbond substituents is 2. The van der Waals surface area contributed by atoms with Crippen molar-refractivity contribution in [3.05, 3.63) is 54.1 Å². The first-order valence-electron chi connectivity index (χ1n) is 5.05. The molecule has 1 amide bonds. The molecule has 0 aromatic heterocycles. The maximum absolute atomic E-state index is 11.8. The Balaban J connectivity index is 2.17. The van der Waals surface area contributed by atoms with Gasteiger partial charge in [0.2, 0.25) is 0 Å². The van der Waals surface area contributed by atoms with Crippen molar-refractivity contribution in [2.24, 2.45) is 0 Å². The molecule has 0 saturated heterocycles. The number of phenols is 2. The zero-order chi connectivity index (χ0) is 12.3. The number of amides is 1. The van der Waals surface area contributed by atoms with Gasteiger partial charge < -0.3 is 15.5 Å². The van der Waals surface area contributed by atoms with Crippen molar-refractivity contribution in [3.63, 3.8) is 0 Å². The van der Waals surface area contributed by atoms with Crippen LogP contribution < -0.4 is 5.32 Å². The molecule has 0 aliphatic carbocycles. The molecule has 4 nitrogen and oxygen atoms in total. The van der Waals surface area contributed by atoms with E-state index < -0.39 is 0 Å². The van der Waals surface area contributed by atoms with Crippen molar-refractivity contribution in [2.75, 3.05) is 5.32 Å². The molecule has 0 bridgehead atoms. The minimum Gasteiger partial charge on any atom is -0.508 e. The van der Waals surface area contributed by atoms with Crippen molar-refractivity contribution in [2.45, 2.75) is 0 Å². The van der Waals surface area contributed by atoms with Gasteiger partial charge in [0.1, 0.15) is 11.5 Å². The second kappa shape index (κ2) is 4.57. The van der Waals surface area contributed by atoms with Gasteiger partial charge in [-0.15, -0.1) is 0 Å². The minimum absolute atomic E-state index is 0.0135. The highest BCUT2D eigenvalue weighted by molar-refractivity contribution is 6.05. The quantitative estimate of drug-likeness (QED) is 0.692. The highest BCUT2D eigenvalue weighted by Gasteiger charge is 2.07. The van der Waals surface area contributed by atoms with Crippen molar-refractivity contribution < 1.29 is 15.0 Å². The summed E-state index contributed by atoms with van der Waals surface area (Å²) in [7, 11) is 0. The average Bonchev–Trinajstić information content (AvgIpc) is 2.33. The van der Waals surface area contributed by atoms with Crippen LogP contribution in [0.5, 0.6) is 11.5 Å². The molecule has 2 aromatic carbocycles. The SMILES string of the molecule is O=C(Nc1ccccc1O)c1ccc(O)cc1. The van der Waals surface area contributed by atoms with Crippen LogP contribution in [-0.2, 0) is 0 Å². The summed E-state index contributed by atoms with van der Waals surface area (Å²) in [6.45, 7) is 0. The lowest BCUT2D eigenvalue weighted by molar-refractivity contribution is 0.102. The fourth-order valence-electron chi connectivity index (χ4n) is 1.39. The largest absolute Gasteiger partial charge is 0.508 e. The second-order valence-corrected chi connectivity index (χ2v) is 3.52. The van der Waals surface area contributed by atoms with Crippen LogP contribution in [0.3, 0.4) is 0 Å². The molecule has 0 spiro atoms. The number of benzene rings is 2. The van der Waals surface area contributed by atoms with Crippen molar-refractivity contribution >= 4 is 11.6 Å². The molecule has 4 heteroatoms. The third-order valence-corrected chi connectivity index (χ3v) is 2.28. The van der Waals surface area contributed by atoms with Crippen LogP contribution in [0.25, 0.3) is 0 Å². The van der Waals surface area contributed by atoms with E-state index in [4.69, 9.17) is 5.11 Å².